The molecule has 2 rings (SSSR count). The summed E-state index contributed by atoms with van der Waals surface area (Å²) in [6.45, 7) is 9.47. The summed E-state index contributed by atoms with van der Waals surface area (Å²) < 4.78 is 12.1. The minimum absolute atomic E-state index is 0. The van der Waals surface area contributed by atoms with Crippen molar-refractivity contribution in [2.45, 2.75) is 58.3 Å². The van der Waals surface area contributed by atoms with E-state index in [9.17, 15) is 0 Å². The van der Waals surface area contributed by atoms with Crippen molar-refractivity contribution >= 4 is 29.9 Å². The maximum Gasteiger partial charge on any atom is 0.191 e. The highest BCUT2D eigenvalue weighted by atomic mass is 127. The normalized spacial score (nSPS) is 33.0. The third kappa shape index (κ3) is 4.96. The van der Waals surface area contributed by atoms with Gasteiger partial charge < -0.3 is 20.1 Å². The molecule has 2 N–H and O–H groups in total. The predicted octanol–water partition coefficient (Wildman–Crippen LogP) is 2.58. The van der Waals surface area contributed by atoms with Crippen LogP contribution in [0.4, 0.5) is 0 Å². The summed E-state index contributed by atoms with van der Waals surface area (Å²) in [6.07, 6.45) is 4.46. The molecular formula is C15H30IN3O2. The van der Waals surface area contributed by atoms with Crippen molar-refractivity contribution < 1.29 is 9.47 Å². The molecule has 1 aliphatic carbocycles. The van der Waals surface area contributed by atoms with Crippen LogP contribution in [0.15, 0.2) is 4.99 Å². The molecule has 2 aliphatic rings. The fourth-order valence-electron chi connectivity index (χ4n) is 3.01. The Labute approximate surface area is 145 Å². The van der Waals surface area contributed by atoms with Crippen molar-refractivity contribution in [2.75, 3.05) is 26.2 Å². The van der Waals surface area contributed by atoms with E-state index in [0.717, 1.165) is 31.8 Å². The Morgan fingerprint density at radius 1 is 1.29 bits per heavy atom. The molecule has 2 fully saturated rings. The molecule has 1 aliphatic heterocycles. The van der Waals surface area contributed by atoms with Crippen LogP contribution in [-0.2, 0) is 9.47 Å². The maximum atomic E-state index is 6.13. The Bertz CT molecular complexity index is 340. The number of hydrogen-bond donors (Lipinski definition) is 1. The Balaban J connectivity index is 0.00000220. The van der Waals surface area contributed by atoms with Crippen LogP contribution < -0.4 is 5.73 Å². The fourth-order valence-corrected chi connectivity index (χ4v) is 3.01. The third-order valence-corrected chi connectivity index (χ3v) is 4.49. The van der Waals surface area contributed by atoms with Crippen molar-refractivity contribution in [1.82, 2.24) is 4.90 Å². The monoisotopic (exact) mass is 411 g/mol. The second-order valence-electron chi connectivity index (χ2n) is 6.02. The van der Waals surface area contributed by atoms with Gasteiger partial charge in [-0.25, -0.2) is 0 Å². The largest absolute Gasteiger partial charge is 0.370 e. The van der Waals surface area contributed by atoms with Crippen molar-refractivity contribution in [3.05, 3.63) is 0 Å². The molecule has 1 saturated carbocycles. The second kappa shape index (κ2) is 8.53. The molecule has 0 aromatic heterocycles. The first-order valence-electron chi connectivity index (χ1n) is 7.95. The summed E-state index contributed by atoms with van der Waals surface area (Å²) in [6, 6.07) is 0. The lowest BCUT2D eigenvalue weighted by molar-refractivity contribution is -0.190. The topological polar surface area (TPSA) is 60.1 Å². The number of guanidine groups is 1. The van der Waals surface area contributed by atoms with E-state index < -0.39 is 0 Å². The standard InChI is InChI=1S/C15H29N3O2.HI/c1-4-18(5-2)14(16)17-10-13-11-19-15(20-13)8-6-12(3)7-9-15;/h12-13H,4-11H2,1-3H3,(H2,16,17);1H. The number of nitrogens with zero attached hydrogens (tertiary/aromatic N) is 2. The van der Waals surface area contributed by atoms with Gasteiger partial charge in [-0.3, -0.25) is 4.99 Å². The van der Waals surface area contributed by atoms with Crippen molar-refractivity contribution in [3.8, 4) is 0 Å². The smallest absolute Gasteiger partial charge is 0.191 e. The van der Waals surface area contributed by atoms with Crippen LogP contribution >= 0.6 is 24.0 Å². The Morgan fingerprint density at radius 2 is 1.90 bits per heavy atom. The lowest BCUT2D eigenvalue weighted by atomic mass is 9.86. The average Bonchev–Trinajstić information content (AvgIpc) is 2.85. The highest BCUT2D eigenvalue weighted by Crippen LogP contribution is 2.39. The fraction of sp³-hybridized carbons (Fsp3) is 0.933. The van der Waals surface area contributed by atoms with Gasteiger partial charge in [0.25, 0.3) is 0 Å². The molecule has 5 nitrogen and oxygen atoms in total. The van der Waals surface area contributed by atoms with Gasteiger partial charge in [-0.15, -0.1) is 24.0 Å². The molecule has 0 aromatic carbocycles. The minimum Gasteiger partial charge on any atom is -0.370 e. The van der Waals surface area contributed by atoms with Crippen molar-refractivity contribution in [3.63, 3.8) is 0 Å². The summed E-state index contributed by atoms with van der Waals surface area (Å²) in [5, 5.41) is 0. The van der Waals surface area contributed by atoms with Gasteiger partial charge >= 0.3 is 0 Å². The van der Waals surface area contributed by atoms with E-state index in [-0.39, 0.29) is 35.9 Å². The Hall–Kier alpha value is -0.0800. The molecule has 0 radical (unpaired) electrons. The summed E-state index contributed by atoms with van der Waals surface area (Å²) in [5.74, 6) is 1.08. The second-order valence-corrected chi connectivity index (χ2v) is 6.02. The first kappa shape index (κ1) is 19.0. The van der Waals surface area contributed by atoms with Crippen LogP contribution in [0.1, 0.15) is 46.5 Å². The molecule has 0 amide bonds. The summed E-state index contributed by atoms with van der Waals surface area (Å²) in [4.78, 5) is 6.51. The number of rotatable bonds is 4. The molecule has 21 heavy (non-hydrogen) atoms. The summed E-state index contributed by atoms with van der Waals surface area (Å²) in [7, 11) is 0. The SMILES string of the molecule is CCN(CC)C(N)=NCC1COC2(CCC(C)CC2)O1.I. The number of ether oxygens (including phenoxy) is 2. The number of hydrogen-bond acceptors (Lipinski definition) is 3. The van der Waals surface area contributed by atoms with E-state index in [0.29, 0.717) is 19.1 Å². The lowest BCUT2D eigenvalue weighted by Gasteiger charge is -2.34. The molecule has 0 bridgehead atoms. The summed E-state index contributed by atoms with van der Waals surface area (Å²) in [5.41, 5.74) is 5.98. The van der Waals surface area contributed by atoms with Gasteiger partial charge in [-0.1, -0.05) is 6.92 Å². The highest BCUT2D eigenvalue weighted by molar-refractivity contribution is 14.0. The van der Waals surface area contributed by atoms with E-state index in [1.165, 1.54) is 12.8 Å². The molecule has 1 spiro atoms. The van der Waals surface area contributed by atoms with Crippen molar-refractivity contribution in [1.29, 1.82) is 0 Å². The molecule has 1 heterocycles. The van der Waals surface area contributed by atoms with Gasteiger partial charge in [0, 0.05) is 25.9 Å². The zero-order valence-corrected chi connectivity index (χ0v) is 15.8. The molecular weight excluding hydrogens is 381 g/mol. The van der Waals surface area contributed by atoms with Gasteiger partial charge in [0.15, 0.2) is 11.7 Å². The van der Waals surface area contributed by atoms with Crippen molar-refractivity contribution in [2.24, 2.45) is 16.6 Å². The number of nitrogens with two attached hydrogens (primary N) is 1. The van der Waals surface area contributed by atoms with Crippen LogP contribution in [0.5, 0.6) is 0 Å². The minimum atomic E-state index is -0.323. The molecule has 1 atom stereocenters. The van der Waals surface area contributed by atoms with Gasteiger partial charge in [0.05, 0.1) is 13.2 Å². The average molecular weight is 411 g/mol. The first-order valence-corrected chi connectivity index (χ1v) is 7.95. The van der Waals surface area contributed by atoms with Crippen LogP contribution in [0.3, 0.4) is 0 Å². The number of aliphatic imine (C=N–C) groups is 1. The van der Waals surface area contributed by atoms with Gasteiger partial charge in [-0.05, 0) is 32.6 Å². The lowest BCUT2D eigenvalue weighted by Crippen LogP contribution is -2.38. The van der Waals surface area contributed by atoms with E-state index in [2.05, 4.69) is 25.8 Å². The Kier molecular flexibility index (Phi) is 7.70. The van der Waals surface area contributed by atoms with Crippen LogP contribution in [-0.4, -0.2) is 49.0 Å². The van der Waals surface area contributed by atoms with Gasteiger partial charge in [0.1, 0.15) is 6.10 Å². The molecule has 1 saturated heterocycles. The third-order valence-electron chi connectivity index (χ3n) is 4.49. The maximum absolute atomic E-state index is 6.13. The molecule has 6 heteroatoms. The van der Waals surface area contributed by atoms with Crippen LogP contribution in [0, 0.1) is 5.92 Å². The Morgan fingerprint density at radius 3 is 2.48 bits per heavy atom. The first-order chi connectivity index (χ1) is 9.58. The summed E-state index contributed by atoms with van der Waals surface area (Å²) >= 11 is 0. The van der Waals surface area contributed by atoms with E-state index in [4.69, 9.17) is 15.2 Å². The van der Waals surface area contributed by atoms with E-state index in [1.807, 2.05) is 4.90 Å². The molecule has 0 aromatic rings. The quantitative estimate of drug-likeness (QED) is 0.439. The van der Waals surface area contributed by atoms with E-state index >= 15 is 0 Å². The van der Waals surface area contributed by atoms with Gasteiger partial charge in [0.2, 0.25) is 0 Å². The highest BCUT2D eigenvalue weighted by Gasteiger charge is 2.43. The molecule has 1 unspecified atom stereocenters. The van der Waals surface area contributed by atoms with Crippen LogP contribution in [0.2, 0.25) is 0 Å². The van der Waals surface area contributed by atoms with Crippen LogP contribution in [0.25, 0.3) is 0 Å². The predicted molar refractivity (Wildman–Crippen MR) is 96.0 cm³/mol. The van der Waals surface area contributed by atoms with Gasteiger partial charge in [-0.2, -0.15) is 0 Å². The zero-order chi connectivity index (χ0) is 14.6. The number of halogens is 1. The molecule has 124 valence electrons. The zero-order valence-electron chi connectivity index (χ0n) is 13.5. The van der Waals surface area contributed by atoms with E-state index in [1.54, 1.807) is 0 Å².